The summed E-state index contributed by atoms with van der Waals surface area (Å²) in [5, 5.41) is 4.53. The van der Waals surface area contributed by atoms with E-state index in [1.54, 1.807) is 12.3 Å². The molecular formula is C15H15Cl2N3. The molecule has 1 aromatic heterocycles. The van der Waals surface area contributed by atoms with Gasteiger partial charge in [-0.25, -0.2) is 4.98 Å². The lowest BCUT2D eigenvalue weighted by Crippen LogP contribution is -2.28. The van der Waals surface area contributed by atoms with E-state index >= 15 is 0 Å². The van der Waals surface area contributed by atoms with E-state index in [1.165, 1.54) is 11.3 Å². The number of fused-ring (bicyclic) bond motifs is 1. The van der Waals surface area contributed by atoms with Gasteiger partial charge < -0.3 is 10.2 Å². The minimum Gasteiger partial charge on any atom is -0.366 e. The smallest absolute Gasteiger partial charge is 0.130 e. The van der Waals surface area contributed by atoms with E-state index < -0.39 is 0 Å². The third kappa shape index (κ3) is 2.90. The molecule has 2 heterocycles. The number of nitrogens with one attached hydrogen (secondary N) is 1. The molecule has 0 radical (unpaired) electrons. The van der Waals surface area contributed by atoms with E-state index in [1.807, 2.05) is 0 Å². The predicted octanol–water partition coefficient (Wildman–Crippen LogP) is 3.50. The van der Waals surface area contributed by atoms with Gasteiger partial charge in [-0.05, 0) is 17.7 Å². The molecule has 104 valence electrons. The van der Waals surface area contributed by atoms with Crippen LogP contribution in [0.1, 0.15) is 11.1 Å². The first-order valence-corrected chi connectivity index (χ1v) is 7.33. The number of pyridine rings is 1. The molecule has 0 amide bonds. The first-order chi connectivity index (χ1) is 9.74. The molecule has 1 aromatic carbocycles. The zero-order valence-electron chi connectivity index (χ0n) is 10.9. The molecule has 0 saturated heterocycles. The molecule has 1 aliphatic rings. The van der Waals surface area contributed by atoms with Gasteiger partial charge in [0.2, 0.25) is 0 Å². The van der Waals surface area contributed by atoms with E-state index in [9.17, 15) is 0 Å². The maximum Gasteiger partial charge on any atom is 0.130 e. The van der Waals surface area contributed by atoms with Crippen molar-refractivity contribution in [2.45, 2.75) is 13.1 Å². The van der Waals surface area contributed by atoms with E-state index in [0.717, 1.165) is 31.7 Å². The molecule has 0 bridgehead atoms. The van der Waals surface area contributed by atoms with Crippen molar-refractivity contribution in [3.63, 3.8) is 0 Å². The summed E-state index contributed by atoms with van der Waals surface area (Å²) >= 11 is 12.1. The quantitative estimate of drug-likeness (QED) is 0.861. The molecule has 0 atom stereocenters. The fraction of sp³-hybridized carbons (Fsp3) is 0.267. The summed E-state index contributed by atoms with van der Waals surface area (Å²) in [6.45, 7) is 3.53. The molecule has 0 fully saturated rings. The Balaban J connectivity index is 1.90. The average molecular weight is 308 g/mol. The van der Waals surface area contributed by atoms with Crippen LogP contribution in [0.25, 0.3) is 0 Å². The second kappa shape index (κ2) is 6.00. The van der Waals surface area contributed by atoms with E-state index in [0.29, 0.717) is 10.2 Å². The molecule has 2 aromatic rings. The molecule has 0 spiro atoms. The van der Waals surface area contributed by atoms with Crippen molar-refractivity contribution in [2.24, 2.45) is 0 Å². The van der Waals surface area contributed by atoms with Crippen LogP contribution in [-0.4, -0.2) is 18.1 Å². The van der Waals surface area contributed by atoms with Crippen LogP contribution in [0.3, 0.4) is 0 Å². The Hall–Kier alpha value is -1.29. The standard InChI is InChI=1S/C15H15Cl2N3/c16-13-7-15(17)19-9-12(13)10-20-6-5-18-8-11-3-1-2-4-14(11)20/h1-4,7,9,18H,5-6,8,10H2. The molecular weight excluding hydrogens is 293 g/mol. The Kier molecular flexibility index (Phi) is 4.10. The number of hydrogen-bond donors (Lipinski definition) is 1. The van der Waals surface area contributed by atoms with Gasteiger partial charge in [0.25, 0.3) is 0 Å². The highest BCUT2D eigenvalue weighted by Gasteiger charge is 2.16. The second-order valence-electron chi connectivity index (χ2n) is 4.83. The lowest BCUT2D eigenvalue weighted by Gasteiger charge is -2.25. The number of aromatic nitrogens is 1. The van der Waals surface area contributed by atoms with Crippen LogP contribution in [-0.2, 0) is 13.1 Å². The van der Waals surface area contributed by atoms with E-state index in [-0.39, 0.29) is 0 Å². The average Bonchev–Trinajstić information content (AvgIpc) is 2.65. The number of halogens is 2. The lowest BCUT2D eigenvalue weighted by molar-refractivity contribution is 0.688. The summed E-state index contributed by atoms with van der Waals surface area (Å²) in [7, 11) is 0. The predicted molar refractivity (Wildman–Crippen MR) is 83.5 cm³/mol. The van der Waals surface area contributed by atoms with Gasteiger partial charge in [-0.3, -0.25) is 0 Å². The third-order valence-corrected chi connectivity index (χ3v) is 4.02. The van der Waals surface area contributed by atoms with Gasteiger partial charge in [-0.2, -0.15) is 0 Å². The molecule has 0 unspecified atom stereocenters. The Bertz CT molecular complexity index is 616. The van der Waals surface area contributed by atoms with Crippen LogP contribution in [0, 0.1) is 0 Å². The Labute approximate surface area is 128 Å². The third-order valence-electron chi connectivity index (χ3n) is 3.46. The van der Waals surface area contributed by atoms with Crippen LogP contribution in [0.2, 0.25) is 10.2 Å². The number of nitrogens with zero attached hydrogens (tertiary/aromatic N) is 2. The number of hydrogen-bond acceptors (Lipinski definition) is 3. The molecule has 20 heavy (non-hydrogen) atoms. The van der Waals surface area contributed by atoms with Crippen LogP contribution < -0.4 is 10.2 Å². The van der Waals surface area contributed by atoms with Crippen molar-refractivity contribution < 1.29 is 0 Å². The summed E-state index contributed by atoms with van der Waals surface area (Å²) in [5.41, 5.74) is 3.55. The molecule has 0 aliphatic carbocycles. The van der Waals surface area contributed by atoms with Crippen LogP contribution in [0.4, 0.5) is 5.69 Å². The zero-order valence-corrected chi connectivity index (χ0v) is 12.5. The van der Waals surface area contributed by atoms with Gasteiger partial charge in [-0.1, -0.05) is 41.4 Å². The van der Waals surface area contributed by atoms with E-state index in [4.69, 9.17) is 23.2 Å². The normalized spacial score (nSPS) is 14.8. The largest absolute Gasteiger partial charge is 0.366 e. The van der Waals surface area contributed by atoms with Crippen molar-refractivity contribution in [2.75, 3.05) is 18.0 Å². The van der Waals surface area contributed by atoms with E-state index in [2.05, 4.69) is 39.5 Å². The van der Waals surface area contributed by atoms with Gasteiger partial charge in [-0.15, -0.1) is 0 Å². The summed E-state index contributed by atoms with van der Waals surface area (Å²) < 4.78 is 0. The Morgan fingerprint density at radius 3 is 2.95 bits per heavy atom. The fourth-order valence-corrected chi connectivity index (χ4v) is 2.87. The molecule has 3 nitrogen and oxygen atoms in total. The maximum atomic E-state index is 6.25. The first kappa shape index (κ1) is 13.7. The maximum absolute atomic E-state index is 6.25. The van der Waals surface area contributed by atoms with Gasteiger partial charge in [0, 0.05) is 43.6 Å². The first-order valence-electron chi connectivity index (χ1n) is 6.57. The topological polar surface area (TPSA) is 28.2 Å². The number of para-hydroxylation sites is 1. The minimum absolute atomic E-state index is 0.427. The minimum atomic E-state index is 0.427. The van der Waals surface area contributed by atoms with Gasteiger partial charge in [0.1, 0.15) is 5.15 Å². The SMILES string of the molecule is Clc1cc(Cl)c(CN2CCNCc3ccccc32)cn1. The molecule has 5 heteroatoms. The summed E-state index contributed by atoms with van der Waals surface area (Å²) in [5.74, 6) is 0. The Morgan fingerprint density at radius 2 is 2.10 bits per heavy atom. The highest BCUT2D eigenvalue weighted by atomic mass is 35.5. The number of benzene rings is 1. The van der Waals surface area contributed by atoms with Gasteiger partial charge >= 0.3 is 0 Å². The van der Waals surface area contributed by atoms with Crippen LogP contribution >= 0.6 is 23.2 Å². The summed E-state index contributed by atoms with van der Waals surface area (Å²) in [6, 6.07) is 10.1. The van der Waals surface area contributed by atoms with Crippen molar-refractivity contribution >= 4 is 28.9 Å². The molecule has 3 rings (SSSR count). The summed E-state index contributed by atoms with van der Waals surface area (Å²) in [4.78, 5) is 6.45. The lowest BCUT2D eigenvalue weighted by atomic mass is 10.1. The number of rotatable bonds is 2. The summed E-state index contributed by atoms with van der Waals surface area (Å²) in [6.07, 6.45) is 1.76. The Morgan fingerprint density at radius 1 is 1.25 bits per heavy atom. The van der Waals surface area contributed by atoms with Crippen molar-refractivity contribution in [1.82, 2.24) is 10.3 Å². The molecule has 1 aliphatic heterocycles. The monoisotopic (exact) mass is 307 g/mol. The van der Waals surface area contributed by atoms with Gasteiger partial charge in [0.15, 0.2) is 0 Å². The molecule has 1 N–H and O–H groups in total. The highest BCUT2D eigenvalue weighted by Crippen LogP contribution is 2.26. The second-order valence-corrected chi connectivity index (χ2v) is 5.62. The van der Waals surface area contributed by atoms with Gasteiger partial charge in [0.05, 0.1) is 5.02 Å². The van der Waals surface area contributed by atoms with Crippen LogP contribution in [0.15, 0.2) is 36.5 Å². The van der Waals surface area contributed by atoms with Crippen molar-refractivity contribution in [1.29, 1.82) is 0 Å². The highest BCUT2D eigenvalue weighted by molar-refractivity contribution is 6.34. The van der Waals surface area contributed by atoms with Crippen molar-refractivity contribution in [3.8, 4) is 0 Å². The van der Waals surface area contributed by atoms with Crippen LogP contribution in [0.5, 0.6) is 0 Å². The fourth-order valence-electron chi connectivity index (χ4n) is 2.45. The van der Waals surface area contributed by atoms with Crippen molar-refractivity contribution in [3.05, 3.63) is 57.8 Å². The zero-order chi connectivity index (χ0) is 13.9. The number of anilines is 1. The molecule has 0 saturated carbocycles.